The average molecular weight is 498 g/mol. The number of benzene rings is 2. The van der Waals surface area contributed by atoms with Crippen molar-refractivity contribution in [3.63, 3.8) is 0 Å². The number of nitrogens with one attached hydrogen (secondary N) is 3. The maximum Gasteiger partial charge on any atom is 0.339 e. The lowest BCUT2D eigenvalue weighted by Crippen LogP contribution is -2.37. The molecule has 0 atom stereocenters. The molecule has 2 heterocycles. The van der Waals surface area contributed by atoms with Crippen LogP contribution in [0.3, 0.4) is 0 Å². The van der Waals surface area contributed by atoms with Gasteiger partial charge in [0.1, 0.15) is 10.6 Å². The molecule has 0 bridgehead atoms. The van der Waals surface area contributed by atoms with Crippen LogP contribution in [0.15, 0.2) is 66.1 Å². The number of amides is 2. The number of fused-ring (bicyclic) bond motifs is 1. The first kappa shape index (κ1) is 24.2. The number of aromatic amines is 1. The zero-order valence-corrected chi connectivity index (χ0v) is 20.2. The van der Waals surface area contributed by atoms with E-state index < -0.39 is 10.1 Å². The van der Waals surface area contributed by atoms with Crippen LogP contribution in [0, 0.1) is 0 Å². The summed E-state index contributed by atoms with van der Waals surface area (Å²) < 4.78 is 32.6. The molecule has 2 amide bonds. The van der Waals surface area contributed by atoms with Gasteiger partial charge in [0.05, 0.1) is 17.4 Å². The molecule has 0 aliphatic heterocycles. The SMILES string of the molecule is CCN(CC)CCNC(=O)Nc1nc2ccc(OS(=O)(=O)c3ccc(-n4ccnc4)cc3)cc2[nH]1. The summed E-state index contributed by atoms with van der Waals surface area (Å²) in [4.78, 5) is 25.6. The highest BCUT2D eigenvalue weighted by Gasteiger charge is 2.18. The van der Waals surface area contributed by atoms with Crippen LogP contribution in [0.5, 0.6) is 5.75 Å². The van der Waals surface area contributed by atoms with E-state index in [1.54, 1.807) is 41.5 Å². The number of hydrogen-bond donors (Lipinski definition) is 3. The number of hydrogen-bond acceptors (Lipinski definition) is 7. The minimum Gasteiger partial charge on any atom is -0.379 e. The van der Waals surface area contributed by atoms with Crippen molar-refractivity contribution in [2.24, 2.45) is 0 Å². The monoisotopic (exact) mass is 497 g/mol. The Labute approximate surface area is 203 Å². The van der Waals surface area contributed by atoms with E-state index in [0.717, 1.165) is 25.3 Å². The molecule has 11 nitrogen and oxygen atoms in total. The number of aromatic nitrogens is 4. The lowest BCUT2D eigenvalue weighted by atomic mass is 10.3. The lowest BCUT2D eigenvalue weighted by molar-refractivity contribution is 0.247. The molecule has 0 unspecified atom stereocenters. The van der Waals surface area contributed by atoms with Crippen LogP contribution in [0.1, 0.15) is 13.8 Å². The van der Waals surface area contributed by atoms with E-state index in [1.165, 1.54) is 24.3 Å². The highest BCUT2D eigenvalue weighted by molar-refractivity contribution is 7.87. The van der Waals surface area contributed by atoms with E-state index in [-0.39, 0.29) is 22.6 Å². The van der Waals surface area contributed by atoms with Crippen molar-refractivity contribution in [1.29, 1.82) is 0 Å². The standard InChI is InChI=1S/C23H27N7O4S/c1-3-29(4-2)13-12-25-23(31)28-22-26-20-10-7-18(15-21(20)27-22)34-35(32,33)19-8-5-17(6-9-19)30-14-11-24-16-30/h5-11,14-16H,3-4,12-13H2,1-2H3,(H3,25,26,27,28,31). The van der Waals surface area contributed by atoms with Crippen molar-refractivity contribution >= 4 is 33.1 Å². The Morgan fingerprint density at radius 2 is 1.91 bits per heavy atom. The first-order valence-corrected chi connectivity index (χ1v) is 12.6. The Morgan fingerprint density at radius 1 is 1.14 bits per heavy atom. The molecule has 0 spiro atoms. The lowest BCUT2D eigenvalue weighted by Gasteiger charge is -2.17. The summed E-state index contributed by atoms with van der Waals surface area (Å²) in [5, 5.41) is 5.44. The highest BCUT2D eigenvalue weighted by Crippen LogP contribution is 2.24. The quantitative estimate of drug-likeness (QED) is 0.287. The number of urea groups is 1. The van der Waals surface area contributed by atoms with Gasteiger partial charge in [0.25, 0.3) is 0 Å². The van der Waals surface area contributed by atoms with E-state index in [1.807, 2.05) is 0 Å². The van der Waals surface area contributed by atoms with Gasteiger partial charge in [0.2, 0.25) is 5.95 Å². The van der Waals surface area contributed by atoms with Crippen molar-refractivity contribution in [2.75, 3.05) is 31.5 Å². The Hall–Kier alpha value is -3.90. The van der Waals surface area contributed by atoms with Crippen LogP contribution in [0.4, 0.5) is 10.7 Å². The van der Waals surface area contributed by atoms with Crippen molar-refractivity contribution in [3.8, 4) is 11.4 Å². The molecule has 0 fully saturated rings. The van der Waals surface area contributed by atoms with Crippen molar-refractivity contribution in [1.82, 2.24) is 29.7 Å². The molecule has 184 valence electrons. The Balaban J connectivity index is 1.40. The molecule has 0 saturated heterocycles. The molecule has 0 radical (unpaired) electrons. The van der Waals surface area contributed by atoms with Crippen LogP contribution < -0.4 is 14.8 Å². The topological polar surface area (TPSA) is 134 Å². The molecule has 3 N–H and O–H groups in total. The predicted octanol–water partition coefficient (Wildman–Crippen LogP) is 2.98. The average Bonchev–Trinajstić information content (AvgIpc) is 3.51. The zero-order chi connectivity index (χ0) is 24.8. The second-order valence-electron chi connectivity index (χ2n) is 7.67. The number of likely N-dealkylation sites (N-methyl/N-ethyl adjacent to an activating group) is 1. The number of anilines is 1. The Kier molecular flexibility index (Phi) is 7.32. The predicted molar refractivity (Wildman–Crippen MR) is 132 cm³/mol. The summed E-state index contributed by atoms with van der Waals surface area (Å²) in [6.45, 7) is 7.23. The molecular weight excluding hydrogens is 470 g/mol. The number of H-pyrrole nitrogens is 1. The van der Waals surface area contributed by atoms with Gasteiger partial charge in [0, 0.05) is 37.2 Å². The van der Waals surface area contributed by atoms with E-state index in [4.69, 9.17) is 4.18 Å². The van der Waals surface area contributed by atoms with E-state index in [2.05, 4.69) is 44.3 Å². The van der Waals surface area contributed by atoms with Gasteiger partial charge >= 0.3 is 16.1 Å². The van der Waals surface area contributed by atoms with Crippen LogP contribution in [0.2, 0.25) is 0 Å². The zero-order valence-electron chi connectivity index (χ0n) is 19.4. The number of carbonyl (C=O) groups excluding carboxylic acids is 1. The van der Waals surface area contributed by atoms with Crippen LogP contribution in [-0.4, -0.2) is 65.0 Å². The number of nitrogens with zero attached hydrogens (tertiary/aromatic N) is 4. The van der Waals surface area contributed by atoms with Gasteiger partial charge in [-0.15, -0.1) is 0 Å². The molecule has 2 aromatic carbocycles. The van der Waals surface area contributed by atoms with Gasteiger partial charge < -0.3 is 24.0 Å². The molecular formula is C23H27N7O4S. The molecule has 0 aliphatic rings. The summed E-state index contributed by atoms with van der Waals surface area (Å²) in [7, 11) is -4.04. The van der Waals surface area contributed by atoms with Crippen molar-refractivity contribution in [3.05, 3.63) is 61.2 Å². The molecule has 35 heavy (non-hydrogen) atoms. The molecule has 0 aliphatic carbocycles. The van der Waals surface area contributed by atoms with E-state index in [9.17, 15) is 13.2 Å². The van der Waals surface area contributed by atoms with Gasteiger partial charge in [-0.2, -0.15) is 8.42 Å². The van der Waals surface area contributed by atoms with Crippen molar-refractivity contribution < 1.29 is 17.4 Å². The second-order valence-corrected chi connectivity index (χ2v) is 9.22. The minimum absolute atomic E-state index is 0.0230. The van der Waals surface area contributed by atoms with Crippen LogP contribution in [-0.2, 0) is 10.1 Å². The molecule has 0 saturated carbocycles. The smallest absolute Gasteiger partial charge is 0.339 e. The summed E-state index contributed by atoms with van der Waals surface area (Å²) in [6.07, 6.45) is 5.03. The number of rotatable bonds is 10. The summed E-state index contributed by atoms with van der Waals surface area (Å²) in [6, 6.07) is 10.5. The van der Waals surface area contributed by atoms with Gasteiger partial charge in [-0.25, -0.2) is 14.8 Å². The van der Waals surface area contributed by atoms with Gasteiger partial charge in [-0.05, 0) is 49.5 Å². The van der Waals surface area contributed by atoms with Gasteiger partial charge in [-0.1, -0.05) is 13.8 Å². The third-order valence-corrected chi connectivity index (χ3v) is 6.69. The molecule has 4 rings (SSSR count). The van der Waals surface area contributed by atoms with Crippen LogP contribution in [0.25, 0.3) is 16.7 Å². The first-order chi connectivity index (χ1) is 16.9. The second kappa shape index (κ2) is 10.6. The number of carbonyl (C=O) groups is 1. The molecule has 12 heteroatoms. The Morgan fingerprint density at radius 3 is 2.60 bits per heavy atom. The highest BCUT2D eigenvalue weighted by atomic mass is 32.2. The van der Waals surface area contributed by atoms with E-state index >= 15 is 0 Å². The third kappa shape index (κ3) is 5.97. The largest absolute Gasteiger partial charge is 0.379 e. The van der Waals surface area contributed by atoms with Crippen LogP contribution >= 0.6 is 0 Å². The maximum atomic E-state index is 12.7. The fraction of sp³-hybridized carbons (Fsp3) is 0.261. The van der Waals surface area contributed by atoms with Gasteiger partial charge in [-0.3, -0.25) is 5.32 Å². The fourth-order valence-corrected chi connectivity index (χ4v) is 4.41. The first-order valence-electron chi connectivity index (χ1n) is 11.2. The fourth-order valence-electron chi connectivity index (χ4n) is 3.49. The summed E-state index contributed by atoms with van der Waals surface area (Å²) in [5.74, 6) is 0.366. The number of imidazole rings is 2. The van der Waals surface area contributed by atoms with Gasteiger partial charge in [0.15, 0.2) is 0 Å². The molecule has 4 aromatic rings. The molecule has 2 aromatic heterocycles. The Bertz CT molecular complexity index is 1380. The minimum atomic E-state index is -4.04. The van der Waals surface area contributed by atoms with E-state index in [0.29, 0.717) is 17.6 Å². The van der Waals surface area contributed by atoms with Crippen molar-refractivity contribution in [2.45, 2.75) is 18.7 Å². The normalized spacial score (nSPS) is 11.6. The summed E-state index contributed by atoms with van der Waals surface area (Å²) >= 11 is 0. The summed E-state index contributed by atoms with van der Waals surface area (Å²) in [5.41, 5.74) is 1.85. The maximum absolute atomic E-state index is 12.7. The third-order valence-electron chi connectivity index (χ3n) is 5.43.